The van der Waals surface area contributed by atoms with Crippen molar-refractivity contribution in [1.82, 2.24) is 9.80 Å². The number of nitrogens with zero attached hydrogens (tertiary/aromatic N) is 2. The van der Waals surface area contributed by atoms with E-state index in [4.69, 9.17) is 5.73 Å². The molecule has 2 rings (SSSR count). The molecule has 5 nitrogen and oxygen atoms in total. The van der Waals surface area contributed by atoms with Gasteiger partial charge in [-0.05, 0) is 64.7 Å². The second-order valence-electron chi connectivity index (χ2n) is 6.01. The number of rotatable bonds is 4. The number of likely N-dealkylation sites (tertiary alicyclic amines) is 1. The van der Waals surface area contributed by atoms with Crippen molar-refractivity contribution < 1.29 is 4.79 Å². The van der Waals surface area contributed by atoms with E-state index in [-0.39, 0.29) is 11.9 Å². The Morgan fingerprint density at radius 2 is 2.10 bits per heavy atom. The SMILES string of the molecule is CC(C(=O)Nc1ccc(N)cc1)N(C)C1CCCN(C)C1. The Morgan fingerprint density at radius 1 is 1.43 bits per heavy atom. The molecule has 0 aromatic heterocycles. The summed E-state index contributed by atoms with van der Waals surface area (Å²) in [5.41, 5.74) is 7.14. The Kier molecular flexibility index (Phi) is 5.20. The Morgan fingerprint density at radius 3 is 2.71 bits per heavy atom. The van der Waals surface area contributed by atoms with E-state index >= 15 is 0 Å². The number of nitrogen functional groups attached to an aromatic ring is 1. The highest BCUT2D eigenvalue weighted by Crippen LogP contribution is 2.17. The molecule has 5 heteroatoms. The maximum atomic E-state index is 12.4. The minimum absolute atomic E-state index is 0.0236. The fraction of sp³-hybridized carbons (Fsp3) is 0.562. The van der Waals surface area contributed by atoms with E-state index in [9.17, 15) is 4.79 Å². The molecule has 1 aromatic rings. The quantitative estimate of drug-likeness (QED) is 0.827. The van der Waals surface area contributed by atoms with Crippen LogP contribution in [0.4, 0.5) is 11.4 Å². The van der Waals surface area contributed by atoms with Gasteiger partial charge in [-0.3, -0.25) is 9.69 Å². The molecule has 1 heterocycles. The maximum Gasteiger partial charge on any atom is 0.241 e. The van der Waals surface area contributed by atoms with E-state index in [1.165, 1.54) is 6.42 Å². The van der Waals surface area contributed by atoms with Gasteiger partial charge in [0.1, 0.15) is 0 Å². The molecule has 1 aromatic carbocycles. The highest BCUT2D eigenvalue weighted by atomic mass is 16.2. The van der Waals surface area contributed by atoms with Gasteiger partial charge >= 0.3 is 0 Å². The number of nitrogens with one attached hydrogen (secondary N) is 1. The minimum atomic E-state index is -0.154. The summed E-state index contributed by atoms with van der Waals surface area (Å²) in [5, 5.41) is 2.95. The van der Waals surface area contributed by atoms with Crippen LogP contribution in [0.2, 0.25) is 0 Å². The van der Waals surface area contributed by atoms with Crippen molar-refractivity contribution >= 4 is 17.3 Å². The maximum absolute atomic E-state index is 12.4. The molecule has 0 bridgehead atoms. The number of likely N-dealkylation sites (N-methyl/N-ethyl adjacent to an activating group) is 2. The molecule has 1 amide bonds. The average Bonchev–Trinajstić information content (AvgIpc) is 2.48. The molecule has 3 N–H and O–H groups in total. The number of carbonyl (C=O) groups excluding carboxylic acids is 1. The van der Waals surface area contributed by atoms with Crippen LogP contribution in [0.3, 0.4) is 0 Å². The van der Waals surface area contributed by atoms with E-state index in [1.54, 1.807) is 12.1 Å². The topological polar surface area (TPSA) is 61.6 Å². The molecule has 2 atom stereocenters. The molecule has 0 radical (unpaired) electrons. The first-order valence-corrected chi connectivity index (χ1v) is 7.54. The van der Waals surface area contributed by atoms with Crippen molar-refractivity contribution in [3.63, 3.8) is 0 Å². The van der Waals surface area contributed by atoms with Crippen LogP contribution in [0, 0.1) is 0 Å². The van der Waals surface area contributed by atoms with Crippen LogP contribution in [0.1, 0.15) is 19.8 Å². The lowest BCUT2D eigenvalue weighted by Gasteiger charge is -2.38. The lowest BCUT2D eigenvalue weighted by atomic mass is 10.0. The van der Waals surface area contributed by atoms with Crippen LogP contribution in [-0.4, -0.2) is 55.0 Å². The van der Waals surface area contributed by atoms with Gasteiger partial charge in [0.2, 0.25) is 5.91 Å². The third kappa shape index (κ3) is 4.19. The van der Waals surface area contributed by atoms with Gasteiger partial charge in [-0.2, -0.15) is 0 Å². The summed E-state index contributed by atoms with van der Waals surface area (Å²) in [5.74, 6) is 0.0236. The highest BCUT2D eigenvalue weighted by molar-refractivity contribution is 5.94. The first-order valence-electron chi connectivity index (χ1n) is 7.54. The molecule has 0 saturated carbocycles. The Bertz CT molecular complexity index is 474. The fourth-order valence-corrected chi connectivity index (χ4v) is 2.79. The van der Waals surface area contributed by atoms with Crippen LogP contribution in [0.25, 0.3) is 0 Å². The molecule has 21 heavy (non-hydrogen) atoms. The molecule has 1 aliphatic heterocycles. The minimum Gasteiger partial charge on any atom is -0.399 e. The molecule has 2 unspecified atom stereocenters. The Hall–Kier alpha value is -1.59. The third-order valence-electron chi connectivity index (χ3n) is 4.34. The average molecular weight is 290 g/mol. The Labute approximate surface area is 127 Å². The van der Waals surface area contributed by atoms with E-state index in [2.05, 4.69) is 22.2 Å². The van der Waals surface area contributed by atoms with Crippen LogP contribution >= 0.6 is 0 Å². The van der Waals surface area contributed by atoms with Crippen molar-refractivity contribution in [1.29, 1.82) is 0 Å². The lowest BCUT2D eigenvalue weighted by Crippen LogP contribution is -2.51. The van der Waals surface area contributed by atoms with Crippen molar-refractivity contribution in [2.75, 3.05) is 38.2 Å². The zero-order valence-electron chi connectivity index (χ0n) is 13.2. The number of hydrogen-bond acceptors (Lipinski definition) is 4. The van der Waals surface area contributed by atoms with Gasteiger partial charge in [0.05, 0.1) is 6.04 Å². The van der Waals surface area contributed by atoms with Gasteiger partial charge in [-0.25, -0.2) is 0 Å². The molecular weight excluding hydrogens is 264 g/mol. The molecule has 1 fully saturated rings. The normalized spacial score (nSPS) is 21.2. The van der Waals surface area contributed by atoms with E-state index < -0.39 is 0 Å². The van der Waals surface area contributed by atoms with Crippen LogP contribution < -0.4 is 11.1 Å². The van der Waals surface area contributed by atoms with Gasteiger partial charge in [-0.1, -0.05) is 0 Å². The summed E-state index contributed by atoms with van der Waals surface area (Å²) in [6.45, 7) is 4.13. The van der Waals surface area contributed by atoms with Crippen molar-refractivity contribution in [3.8, 4) is 0 Å². The second kappa shape index (κ2) is 6.91. The summed E-state index contributed by atoms with van der Waals surface area (Å²) in [4.78, 5) is 16.9. The molecule has 116 valence electrons. The zero-order valence-corrected chi connectivity index (χ0v) is 13.2. The predicted molar refractivity (Wildman–Crippen MR) is 87.2 cm³/mol. The second-order valence-corrected chi connectivity index (χ2v) is 6.01. The first kappa shape index (κ1) is 15.8. The van der Waals surface area contributed by atoms with Crippen LogP contribution in [0.5, 0.6) is 0 Å². The van der Waals surface area contributed by atoms with Crippen molar-refractivity contribution in [3.05, 3.63) is 24.3 Å². The molecule has 0 spiro atoms. The molecule has 1 aliphatic rings. The smallest absolute Gasteiger partial charge is 0.241 e. The van der Waals surface area contributed by atoms with Crippen LogP contribution in [-0.2, 0) is 4.79 Å². The van der Waals surface area contributed by atoms with E-state index in [0.29, 0.717) is 11.7 Å². The summed E-state index contributed by atoms with van der Waals surface area (Å²) in [7, 11) is 4.18. The summed E-state index contributed by atoms with van der Waals surface area (Å²) < 4.78 is 0. The number of amides is 1. The van der Waals surface area contributed by atoms with E-state index in [0.717, 1.165) is 25.2 Å². The van der Waals surface area contributed by atoms with Crippen LogP contribution in [0.15, 0.2) is 24.3 Å². The lowest BCUT2D eigenvalue weighted by molar-refractivity contribution is -0.121. The number of piperidine rings is 1. The first-order chi connectivity index (χ1) is 9.97. The number of anilines is 2. The zero-order chi connectivity index (χ0) is 15.4. The van der Waals surface area contributed by atoms with Gasteiger partial charge in [0, 0.05) is 24.0 Å². The largest absolute Gasteiger partial charge is 0.399 e. The number of nitrogens with two attached hydrogens (primary N) is 1. The van der Waals surface area contributed by atoms with Gasteiger partial charge < -0.3 is 16.0 Å². The highest BCUT2D eigenvalue weighted by Gasteiger charge is 2.27. The molecule has 1 saturated heterocycles. The van der Waals surface area contributed by atoms with Crippen molar-refractivity contribution in [2.45, 2.75) is 31.8 Å². The predicted octanol–water partition coefficient (Wildman–Crippen LogP) is 1.62. The number of carbonyl (C=O) groups is 1. The van der Waals surface area contributed by atoms with E-state index in [1.807, 2.05) is 26.1 Å². The summed E-state index contributed by atoms with van der Waals surface area (Å²) >= 11 is 0. The van der Waals surface area contributed by atoms with Gasteiger partial charge in [0.25, 0.3) is 0 Å². The summed E-state index contributed by atoms with van der Waals surface area (Å²) in [6, 6.07) is 7.53. The molecule has 0 aliphatic carbocycles. The third-order valence-corrected chi connectivity index (χ3v) is 4.34. The van der Waals surface area contributed by atoms with Crippen molar-refractivity contribution in [2.24, 2.45) is 0 Å². The van der Waals surface area contributed by atoms with Gasteiger partial charge in [-0.15, -0.1) is 0 Å². The number of hydrogen-bond donors (Lipinski definition) is 2. The van der Waals surface area contributed by atoms with Gasteiger partial charge in [0.15, 0.2) is 0 Å². The molecular formula is C16H26N4O. The fourth-order valence-electron chi connectivity index (χ4n) is 2.79. The number of benzene rings is 1. The standard InChI is InChI=1S/C16H26N4O/c1-12(20(3)15-5-4-10-19(2)11-15)16(21)18-14-8-6-13(17)7-9-14/h6-9,12,15H,4-5,10-11,17H2,1-3H3,(H,18,21). The Balaban J connectivity index is 1.93. The summed E-state index contributed by atoms with van der Waals surface area (Å²) in [6.07, 6.45) is 2.35. The monoisotopic (exact) mass is 290 g/mol.